The van der Waals surface area contributed by atoms with Gasteiger partial charge in [0, 0.05) is 6.54 Å². The highest BCUT2D eigenvalue weighted by Crippen LogP contribution is 2.28. The second-order valence-electron chi connectivity index (χ2n) is 6.73. The van der Waals surface area contributed by atoms with E-state index in [-0.39, 0.29) is 12.6 Å². The molecule has 1 aromatic rings. The molecule has 0 aromatic heterocycles. The van der Waals surface area contributed by atoms with E-state index in [1.807, 2.05) is 6.92 Å². The van der Waals surface area contributed by atoms with Crippen molar-refractivity contribution in [3.8, 4) is 5.75 Å². The predicted octanol–water partition coefficient (Wildman–Crippen LogP) is 0.281. The Labute approximate surface area is 174 Å². The molecule has 3 unspecified atom stereocenters. The molecule has 10 heteroatoms. The maximum atomic E-state index is 11.4. The monoisotopic (exact) mass is 427 g/mol. The number of carboxylic acid groups (broad SMARTS) is 2. The summed E-state index contributed by atoms with van der Waals surface area (Å²) in [7, 11) is 0. The molecule has 10 nitrogen and oxygen atoms in total. The van der Waals surface area contributed by atoms with Crippen LogP contribution in [0.4, 0.5) is 0 Å². The Morgan fingerprint density at radius 1 is 1.17 bits per heavy atom. The summed E-state index contributed by atoms with van der Waals surface area (Å²) in [5.41, 5.74) is 2.32. The van der Waals surface area contributed by atoms with Crippen molar-refractivity contribution < 1.29 is 44.3 Å². The van der Waals surface area contributed by atoms with Crippen molar-refractivity contribution in [2.75, 3.05) is 26.3 Å². The van der Waals surface area contributed by atoms with Crippen LogP contribution in [0.25, 0.3) is 0 Å². The minimum absolute atomic E-state index is 0.0267. The van der Waals surface area contributed by atoms with Gasteiger partial charge in [-0.3, -0.25) is 0 Å². The number of rotatable bonds is 8. The van der Waals surface area contributed by atoms with Gasteiger partial charge in [-0.1, -0.05) is 12.1 Å². The number of carbonyl (C=O) groups is 3. The first kappa shape index (κ1) is 25.3. The molecule has 1 saturated heterocycles. The number of carboxylic acids is 2. The maximum Gasteiger partial charge on any atom is 0.344 e. The Morgan fingerprint density at radius 2 is 1.80 bits per heavy atom. The number of aliphatic carboxylic acids is 2. The smallest absolute Gasteiger partial charge is 0.344 e. The number of nitrogens with one attached hydrogen (secondary N) is 1. The lowest BCUT2D eigenvalue weighted by Gasteiger charge is -2.23. The first-order valence-electron chi connectivity index (χ1n) is 9.58. The number of benzene rings is 1. The Balaban J connectivity index is 0.000000382. The molecule has 1 aliphatic heterocycles. The standard InChI is InChI=1S/C16H23NO3.C4H6O6/c1-3-19-16(18)11-20-15-9-13(7-6-12(15)2)14-5-4-8-17-10-14;5-1(3(7)8)2(6)4(9)10/h6-7,9,14,17H,3-5,8,10-11H2,1-2H3;1-2,5-6H,(H,7,8)(H,9,10). The van der Waals surface area contributed by atoms with Gasteiger partial charge in [-0.15, -0.1) is 0 Å². The molecule has 30 heavy (non-hydrogen) atoms. The number of esters is 1. The number of hydrogen-bond donors (Lipinski definition) is 5. The van der Waals surface area contributed by atoms with Crippen LogP contribution in [-0.2, 0) is 19.1 Å². The van der Waals surface area contributed by atoms with Gasteiger partial charge in [0.05, 0.1) is 6.61 Å². The lowest BCUT2D eigenvalue weighted by atomic mass is 9.91. The SMILES string of the molecule is CCOC(=O)COc1cc(C2CCCNC2)ccc1C.O=C(O)C(O)C(O)C(=O)O. The van der Waals surface area contributed by atoms with Crippen molar-refractivity contribution in [2.45, 2.75) is 44.8 Å². The van der Waals surface area contributed by atoms with Gasteiger partial charge in [-0.05, 0) is 56.3 Å². The Morgan fingerprint density at radius 3 is 2.30 bits per heavy atom. The van der Waals surface area contributed by atoms with Crippen LogP contribution in [0.3, 0.4) is 0 Å². The molecule has 168 valence electrons. The quantitative estimate of drug-likeness (QED) is 0.364. The molecule has 1 fully saturated rings. The van der Waals surface area contributed by atoms with E-state index in [2.05, 4.69) is 23.5 Å². The van der Waals surface area contributed by atoms with Crippen LogP contribution in [0.1, 0.15) is 36.8 Å². The van der Waals surface area contributed by atoms with Gasteiger partial charge in [0.1, 0.15) is 5.75 Å². The van der Waals surface area contributed by atoms with Gasteiger partial charge in [0.2, 0.25) is 0 Å². The molecule has 3 atom stereocenters. The zero-order valence-electron chi connectivity index (χ0n) is 17.0. The highest BCUT2D eigenvalue weighted by atomic mass is 16.6. The fourth-order valence-corrected chi connectivity index (χ4v) is 2.77. The van der Waals surface area contributed by atoms with Crippen LogP contribution >= 0.6 is 0 Å². The van der Waals surface area contributed by atoms with Crippen molar-refractivity contribution in [1.82, 2.24) is 5.32 Å². The summed E-state index contributed by atoms with van der Waals surface area (Å²) in [6.07, 6.45) is -2.12. The number of carbonyl (C=O) groups excluding carboxylic acids is 1. The minimum Gasteiger partial charge on any atom is -0.482 e. The van der Waals surface area contributed by atoms with Gasteiger partial charge in [-0.25, -0.2) is 14.4 Å². The fraction of sp³-hybridized carbons (Fsp3) is 0.550. The van der Waals surface area contributed by atoms with Crippen LogP contribution in [0.15, 0.2) is 18.2 Å². The van der Waals surface area contributed by atoms with Gasteiger partial charge in [0.15, 0.2) is 18.8 Å². The second-order valence-corrected chi connectivity index (χ2v) is 6.73. The van der Waals surface area contributed by atoms with Crippen LogP contribution < -0.4 is 10.1 Å². The van der Waals surface area contributed by atoms with E-state index < -0.39 is 24.1 Å². The zero-order valence-corrected chi connectivity index (χ0v) is 17.0. The summed E-state index contributed by atoms with van der Waals surface area (Å²) >= 11 is 0. The van der Waals surface area contributed by atoms with Crippen molar-refractivity contribution >= 4 is 17.9 Å². The number of ether oxygens (including phenoxy) is 2. The van der Waals surface area contributed by atoms with Crippen molar-refractivity contribution in [3.63, 3.8) is 0 Å². The van der Waals surface area contributed by atoms with E-state index >= 15 is 0 Å². The van der Waals surface area contributed by atoms with E-state index in [1.54, 1.807) is 6.92 Å². The van der Waals surface area contributed by atoms with Gasteiger partial charge >= 0.3 is 17.9 Å². The van der Waals surface area contributed by atoms with Crippen molar-refractivity contribution in [1.29, 1.82) is 0 Å². The van der Waals surface area contributed by atoms with Gasteiger partial charge in [-0.2, -0.15) is 0 Å². The third-order valence-electron chi connectivity index (χ3n) is 4.44. The lowest BCUT2D eigenvalue weighted by molar-refractivity contribution is -0.165. The average molecular weight is 427 g/mol. The molecule has 0 amide bonds. The normalized spacial score (nSPS) is 17.7. The Hall–Kier alpha value is -2.69. The lowest BCUT2D eigenvalue weighted by Crippen LogP contribution is -2.39. The number of aliphatic hydroxyl groups is 2. The van der Waals surface area contributed by atoms with Gasteiger partial charge in [0.25, 0.3) is 0 Å². The summed E-state index contributed by atoms with van der Waals surface area (Å²) in [5.74, 6) is -2.54. The second kappa shape index (κ2) is 12.8. The minimum atomic E-state index is -2.27. The number of aryl methyl sites for hydroxylation is 1. The molecule has 2 rings (SSSR count). The summed E-state index contributed by atoms with van der Waals surface area (Å²) in [6, 6.07) is 6.28. The third kappa shape index (κ3) is 8.36. The highest BCUT2D eigenvalue weighted by molar-refractivity contribution is 5.83. The van der Waals surface area contributed by atoms with E-state index in [0.29, 0.717) is 12.5 Å². The van der Waals surface area contributed by atoms with Crippen LogP contribution in [0.2, 0.25) is 0 Å². The molecule has 0 bridgehead atoms. The Bertz CT molecular complexity index is 698. The molecule has 5 N–H and O–H groups in total. The number of hydrogen-bond acceptors (Lipinski definition) is 8. The van der Waals surface area contributed by atoms with Crippen LogP contribution in [0, 0.1) is 6.92 Å². The van der Waals surface area contributed by atoms with Crippen molar-refractivity contribution in [3.05, 3.63) is 29.3 Å². The van der Waals surface area contributed by atoms with Crippen LogP contribution in [0.5, 0.6) is 5.75 Å². The number of aliphatic hydroxyl groups excluding tert-OH is 2. The van der Waals surface area contributed by atoms with Gasteiger partial charge < -0.3 is 35.2 Å². The molecule has 0 spiro atoms. The van der Waals surface area contributed by atoms with E-state index in [9.17, 15) is 14.4 Å². The fourth-order valence-electron chi connectivity index (χ4n) is 2.77. The largest absolute Gasteiger partial charge is 0.482 e. The predicted molar refractivity (Wildman–Crippen MR) is 105 cm³/mol. The molecular weight excluding hydrogens is 398 g/mol. The summed E-state index contributed by atoms with van der Waals surface area (Å²) < 4.78 is 10.5. The number of piperidine rings is 1. The third-order valence-corrected chi connectivity index (χ3v) is 4.44. The molecule has 0 radical (unpaired) electrons. The zero-order chi connectivity index (χ0) is 22.7. The highest BCUT2D eigenvalue weighted by Gasteiger charge is 2.29. The molecule has 1 heterocycles. The average Bonchev–Trinajstić information content (AvgIpc) is 2.73. The molecule has 0 aliphatic carbocycles. The molecule has 1 aromatic carbocycles. The first-order chi connectivity index (χ1) is 14.2. The van der Waals surface area contributed by atoms with Crippen LogP contribution in [-0.4, -0.2) is 76.8 Å². The summed E-state index contributed by atoms with van der Waals surface area (Å²) in [6.45, 7) is 6.26. The first-order valence-corrected chi connectivity index (χ1v) is 9.58. The summed E-state index contributed by atoms with van der Waals surface area (Å²) in [5, 5.41) is 35.9. The molecule has 0 saturated carbocycles. The topological polar surface area (TPSA) is 163 Å². The van der Waals surface area contributed by atoms with Crippen molar-refractivity contribution in [2.24, 2.45) is 0 Å². The molecular formula is C20H29NO9. The maximum absolute atomic E-state index is 11.4. The van der Waals surface area contributed by atoms with E-state index in [4.69, 9.17) is 29.9 Å². The summed E-state index contributed by atoms with van der Waals surface area (Å²) in [4.78, 5) is 30.9. The molecule has 1 aliphatic rings. The van der Waals surface area contributed by atoms with E-state index in [1.165, 1.54) is 18.4 Å². The Kier molecular flexibility index (Phi) is 10.8. The van der Waals surface area contributed by atoms with E-state index in [0.717, 1.165) is 24.4 Å².